The average Bonchev–Trinajstić information content (AvgIpc) is 3.56. The van der Waals surface area contributed by atoms with Crippen molar-refractivity contribution in [3.8, 4) is 10.6 Å². The number of urea groups is 1. The molecule has 188 valence electrons. The number of nitrogens with zero attached hydrogens (tertiary/aromatic N) is 3. The first-order valence-electron chi connectivity index (χ1n) is 12.1. The van der Waals surface area contributed by atoms with E-state index < -0.39 is 5.97 Å². The average molecular weight is 539 g/mol. The summed E-state index contributed by atoms with van der Waals surface area (Å²) in [5.41, 5.74) is 4.49. The lowest BCUT2D eigenvalue weighted by molar-refractivity contribution is 0.0691. The second-order valence-electron chi connectivity index (χ2n) is 8.80. The topological polar surface area (TPSA) is 95.4 Å². The Bertz CT molecular complexity index is 1660. The number of rotatable bonds is 5. The minimum Gasteiger partial charge on any atom is -0.476 e. The van der Waals surface area contributed by atoms with Gasteiger partial charge in [-0.2, -0.15) is 0 Å². The number of carbonyl (C=O) groups is 2. The maximum absolute atomic E-state index is 13.3. The number of aromatic carboxylic acids is 1. The number of benzene rings is 3. The van der Waals surface area contributed by atoms with Gasteiger partial charge in [0.2, 0.25) is 0 Å². The van der Waals surface area contributed by atoms with Crippen LogP contribution >= 0.6 is 22.7 Å². The van der Waals surface area contributed by atoms with Crippen LogP contribution in [-0.2, 0) is 6.42 Å². The van der Waals surface area contributed by atoms with Crippen LogP contribution < -0.4 is 10.2 Å². The van der Waals surface area contributed by atoms with Gasteiger partial charge >= 0.3 is 12.0 Å². The smallest absolute Gasteiger partial charge is 0.356 e. The van der Waals surface area contributed by atoms with Gasteiger partial charge in [-0.15, -0.1) is 11.3 Å². The summed E-state index contributed by atoms with van der Waals surface area (Å²) in [6.07, 6.45) is 5.39. The monoisotopic (exact) mass is 538 g/mol. The summed E-state index contributed by atoms with van der Waals surface area (Å²) in [5, 5.41) is 13.9. The van der Waals surface area contributed by atoms with E-state index in [0.29, 0.717) is 21.6 Å². The summed E-state index contributed by atoms with van der Waals surface area (Å²) >= 11 is 2.76. The Balaban J connectivity index is 1.30. The van der Waals surface area contributed by atoms with Crippen molar-refractivity contribution in [2.24, 2.45) is 0 Å². The number of anilines is 2. The number of nitrogens with one attached hydrogen (secondary N) is 1. The maximum Gasteiger partial charge on any atom is 0.356 e. The lowest BCUT2D eigenvalue weighted by atomic mass is 10.00. The van der Waals surface area contributed by atoms with Crippen LogP contribution in [0.15, 0.2) is 72.8 Å². The second-order valence-corrected chi connectivity index (χ2v) is 10.9. The van der Waals surface area contributed by atoms with Gasteiger partial charge in [0.25, 0.3) is 0 Å². The molecule has 0 saturated carbocycles. The molecule has 0 atom stereocenters. The normalized spacial score (nSPS) is 13.1. The Morgan fingerprint density at radius 3 is 2.58 bits per heavy atom. The molecule has 0 unspecified atom stereocenters. The van der Waals surface area contributed by atoms with Crippen molar-refractivity contribution in [2.75, 3.05) is 16.8 Å². The van der Waals surface area contributed by atoms with E-state index >= 15 is 0 Å². The van der Waals surface area contributed by atoms with Crippen LogP contribution in [-0.4, -0.2) is 33.6 Å². The Morgan fingerprint density at radius 1 is 0.947 bits per heavy atom. The molecule has 2 amide bonds. The Labute approximate surface area is 226 Å². The molecular formula is C29H22N4O3S2. The molecule has 2 aromatic heterocycles. The highest BCUT2D eigenvalue weighted by atomic mass is 32.1. The van der Waals surface area contributed by atoms with Crippen LogP contribution in [0.5, 0.6) is 0 Å². The molecule has 2 N–H and O–H groups in total. The summed E-state index contributed by atoms with van der Waals surface area (Å²) in [6.45, 7) is 0.580. The van der Waals surface area contributed by atoms with Gasteiger partial charge in [0, 0.05) is 17.8 Å². The molecule has 5 aromatic rings. The Morgan fingerprint density at radius 2 is 1.76 bits per heavy atom. The van der Waals surface area contributed by atoms with E-state index in [9.17, 15) is 14.7 Å². The highest BCUT2D eigenvalue weighted by Crippen LogP contribution is 2.36. The largest absolute Gasteiger partial charge is 0.476 e. The molecule has 0 saturated heterocycles. The van der Waals surface area contributed by atoms with Crippen LogP contribution in [0.2, 0.25) is 0 Å². The van der Waals surface area contributed by atoms with E-state index in [1.807, 2.05) is 78.9 Å². The van der Waals surface area contributed by atoms with Crippen molar-refractivity contribution in [3.05, 3.63) is 94.5 Å². The van der Waals surface area contributed by atoms with E-state index in [-0.39, 0.29) is 11.7 Å². The summed E-state index contributed by atoms with van der Waals surface area (Å²) in [5.74, 6) is -1.07. The van der Waals surface area contributed by atoms with Crippen LogP contribution in [0.1, 0.15) is 32.9 Å². The molecule has 38 heavy (non-hydrogen) atoms. The van der Waals surface area contributed by atoms with Crippen LogP contribution in [0.3, 0.4) is 0 Å². The zero-order chi connectivity index (χ0) is 26.1. The van der Waals surface area contributed by atoms with Crippen molar-refractivity contribution in [3.63, 3.8) is 0 Å². The number of thiazole rings is 2. The van der Waals surface area contributed by atoms with E-state index in [1.54, 1.807) is 11.0 Å². The molecule has 1 aliphatic rings. The van der Waals surface area contributed by atoms with Gasteiger partial charge in [-0.1, -0.05) is 72.0 Å². The number of aromatic nitrogens is 2. The zero-order valence-corrected chi connectivity index (χ0v) is 21.8. The molecule has 6 rings (SSSR count). The number of amides is 2. The first kappa shape index (κ1) is 24.0. The Hall–Kier alpha value is -4.34. The van der Waals surface area contributed by atoms with E-state index in [1.165, 1.54) is 22.7 Å². The molecule has 9 heteroatoms. The molecule has 0 spiro atoms. The van der Waals surface area contributed by atoms with E-state index in [0.717, 1.165) is 45.4 Å². The van der Waals surface area contributed by atoms with Crippen molar-refractivity contribution in [2.45, 2.75) is 12.8 Å². The number of hydrogen-bond donors (Lipinski definition) is 2. The van der Waals surface area contributed by atoms with Gasteiger partial charge in [0.05, 0.1) is 15.1 Å². The molecule has 0 aliphatic carbocycles. The van der Waals surface area contributed by atoms with Crippen molar-refractivity contribution in [1.82, 2.24) is 9.97 Å². The van der Waals surface area contributed by atoms with Crippen LogP contribution in [0.25, 0.3) is 32.9 Å². The van der Waals surface area contributed by atoms with Gasteiger partial charge in [-0.05, 0) is 48.2 Å². The number of carbonyl (C=O) groups excluding carboxylic acids is 1. The first-order chi connectivity index (χ1) is 18.5. The zero-order valence-electron chi connectivity index (χ0n) is 20.1. The number of carboxylic acids is 1. The fourth-order valence-corrected chi connectivity index (χ4v) is 6.27. The third-order valence-corrected chi connectivity index (χ3v) is 8.31. The lowest BCUT2D eigenvalue weighted by Crippen LogP contribution is -2.38. The summed E-state index contributed by atoms with van der Waals surface area (Å²) in [7, 11) is 0. The third-order valence-electron chi connectivity index (χ3n) is 6.29. The van der Waals surface area contributed by atoms with Crippen LogP contribution in [0, 0.1) is 0 Å². The van der Waals surface area contributed by atoms with Gasteiger partial charge in [0.15, 0.2) is 10.8 Å². The highest BCUT2D eigenvalue weighted by molar-refractivity contribution is 7.22. The van der Waals surface area contributed by atoms with Gasteiger partial charge in [-0.3, -0.25) is 10.2 Å². The fourth-order valence-electron chi connectivity index (χ4n) is 4.46. The minimum atomic E-state index is -1.07. The molecule has 0 bridgehead atoms. The van der Waals surface area contributed by atoms with Gasteiger partial charge in [-0.25, -0.2) is 19.6 Å². The van der Waals surface area contributed by atoms with Crippen molar-refractivity contribution < 1.29 is 14.7 Å². The van der Waals surface area contributed by atoms with E-state index in [2.05, 4.69) is 15.3 Å². The van der Waals surface area contributed by atoms with E-state index in [4.69, 9.17) is 0 Å². The number of aryl methyl sites for hydroxylation is 1. The molecule has 0 radical (unpaired) electrons. The lowest BCUT2D eigenvalue weighted by Gasteiger charge is -2.29. The first-order valence-corrected chi connectivity index (χ1v) is 13.7. The number of fused-ring (bicyclic) bond motifs is 2. The van der Waals surface area contributed by atoms with Crippen LogP contribution in [0.4, 0.5) is 15.6 Å². The number of carboxylic acid groups (broad SMARTS) is 1. The fraction of sp³-hybridized carbons (Fsp3) is 0.103. The SMILES string of the molecule is O=C(O)c1nc(-c2ccc3c(c2)N(C(=O)Nc2nc4ccccc4s2)CCC3)sc1C=Cc1ccccc1. The summed E-state index contributed by atoms with van der Waals surface area (Å²) in [4.78, 5) is 36.5. The summed E-state index contributed by atoms with van der Waals surface area (Å²) < 4.78 is 1.01. The second kappa shape index (κ2) is 10.2. The molecule has 7 nitrogen and oxygen atoms in total. The molecule has 1 aliphatic heterocycles. The Kier molecular flexibility index (Phi) is 6.45. The van der Waals surface area contributed by atoms with Crippen molar-refractivity contribution in [1.29, 1.82) is 0 Å². The van der Waals surface area contributed by atoms with Gasteiger partial charge in [0.1, 0.15) is 5.01 Å². The molecule has 0 fully saturated rings. The quantitative estimate of drug-likeness (QED) is 0.245. The number of para-hydroxylation sites is 1. The maximum atomic E-state index is 13.3. The summed E-state index contributed by atoms with van der Waals surface area (Å²) in [6, 6.07) is 23.1. The van der Waals surface area contributed by atoms with Gasteiger partial charge < -0.3 is 5.11 Å². The third kappa shape index (κ3) is 4.81. The molecule has 3 aromatic carbocycles. The molecule has 3 heterocycles. The van der Waals surface area contributed by atoms with Crippen molar-refractivity contribution >= 4 is 67.9 Å². The predicted octanol–water partition coefficient (Wildman–Crippen LogP) is 7.27. The highest BCUT2D eigenvalue weighted by Gasteiger charge is 2.25. The minimum absolute atomic E-state index is 0.0142. The number of hydrogen-bond acceptors (Lipinski definition) is 6. The predicted molar refractivity (Wildman–Crippen MR) is 154 cm³/mol. The molecular weight excluding hydrogens is 516 g/mol. The standard InChI is InChI=1S/C29H22N4O3S2/c34-27(35)25-24(15-12-18-7-2-1-3-8-18)37-26(31-25)20-14-13-19-9-6-16-33(22(19)17-20)29(36)32-28-30-21-10-4-5-11-23(21)38-28/h1-5,7-8,10-15,17H,6,9,16H2,(H,34,35)(H,30,32,36).